The molecule has 0 unspecified atom stereocenters. The summed E-state index contributed by atoms with van der Waals surface area (Å²) in [7, 11) is 1.32. The second kappa shape index (κ2) is 10.4. The highest BCUT2D eigenvalue weighted by Gasteiger charge is 2.15. The van der Waals surface area contributed by atoms with Crippen LogP contribution in [0.25, 0.3) is 6.08 Å². The number of benzene rings is 1. The van der Waals surface area contributed by atoms with Crippen LogP contribution in [0.1, 0.15) is 32.8 Å². The topological polar surface area (TPSA) is 76.7 Å². The van der Waals surface area contributed by atoms with E-state index in [4.69, 9.17) is 4.74 Å². The van der Waals surface area contributed by atoms with Crippen LogP contribution in [0.4, 0.5) is 8.78 Å². The van der Waals surface area contributed by atoms with Crippen molar-refractivity contribution in [2.75, 3.05) is 7.11 Å². The summed E-state index contributed by atoms with van der Waals surface area (Å²) >= 11 is 0. The van der Waals surface area contributed by atoms with Crippen LogP contribution in [0.3, 0.4) is 0 Å². The second-order valence-electron chi connectivity index (χ2n) is 5.67. The van der Waals surface area contributed by atoms with Crippen molar-refractivity contribution < 1.29 is 27.8 Å². The summed E-state index contributed by atoms with van der Waals surface area (Å²) in [6.45, 7) is 2.45. The molecule has 26 heavy (non-hydrogen) atoms. The minimum atomic E-state index is -2.96. The highest BCUT2D eigenvalue weighted by Crippen LogP contribution is 2.29. The molecule has 2 N–H and O–H groups in total. The number of carbonyl (C=O) groups excluding carboxylic acids is 2. The van der Waals surface area contributed by atoms with Gasteiger partial charge in [-0.05, 0) is 44.0 Å². The molecule has 0 aliphatic carbocycles. The summed E-state index contributed by atoms with van der Waals surface area (Å²) in [5.74, 6) is -0.700. The van der Waals surface area contributed by atoms with Crippen LogP contribution in [-0.4, -0.2) is 37.6 Å². The normalized spacial score (nSPS) is 13.3. The van der Waals surface area contributed by atoms with Gasteiger partial charge in [-0.25, -0.2) is 0 Å². The molecule has 0 aromatic heterocycles. The van der Waals surface area contributed by atoms with Gasteiger partial charge in [0, 0.05) is 12.1 Å². The number of hydrogen-bond acceptors (Lipinski definition) is 4. The third kappa shape index (κ3) is 7.08. The zero-order chi connectivity index (χ0) is 19.7. The monoisotopic (exact) mass is 370 g/mol. The Morgan fingerprint density at radius 2 is 1.88 bits per heavy atom. The fraction of sp³-hybridized carbons (Fsp3) is 0.444. The van der Waals surface area contributed by atoms with E-state index in [1.54, 1.807) is 6.92 Å². The number of rotatable bonds is 9. The Morgan fingerprint density at radius 1 is 1.19 bits per heavy atom. The molecule has 0 radical (unpaired) electrons. The molecule has 0 heterocycles. The minimum Gasteiger partial charge on any atom is -0.493 e. The number of amides is 2. The van der Waals surface area contributed by atoms with E-state index in [9.17, 15) is 18.4 Å². The van der Waals surface area contributed by atoms with Gasteiger partial charge in [-0.3, -0.25) is 9.59 Å². The van der Waals surface area contributed by atoms with Crippen molar-refractivity contribution in [3.63, 3.8) is 0 Å². The predicted molar refractivity (Wildman–Crippen MR) is 94.2 cm³/mol. The summed E-state index contributed by atoms with van der Waals surface area (Å²) in [5, 5.41) is 5.33. The molecular weight excluding hydrogens is 346 g/mol. The Labute approximate surface area is 151 Å². The van der Waals surface area contributed by atoms with Crippen molar-refractivity contribution in [3.05, 3.63) is 29.8 Å². The Hall–Kier alpha value is -2.64. The third-order valence-electron chi connectivity index (χ3n) is 3.58. The Kier molecular flexibility index (Phi) is 8.54. The molecule has 1 aromatic rings. The largest absolute Gasteiger partial charge is 0.493 e. The molecule has 1 rings (SSSR count). The molecule has 0 aliphatic heterocycles. The zero-order valence-corrected chi connectivity index (χ0v) is 15.2. The lowest BCUT2D eigenvalue weighted by Gasteiger charge is -2.16. The minimum absolute atomic E-state index is 0.0267. The number of hydrogen-bond donors (Lipinski definition) is 2. The summed E-state index contributed by atoms with van der Waals surface area (Å²) in [6.07, 6.45) is 3.51. The van der Waals surface area contributed by atoms with Crippen LogP contribution < -0.4 is 20.1 Å². The van der Waals surface area contributed by atoms with Crippen molar-refractivity contribution >= 4 is 17.9 Å². The van der Waals surface area contributed by atoms with Gasteiger partial charge >= 0.3 is 6.61 Å². The first kappa shape index (κ1) is 21.4. The first-order valence-corrected chi connectivity index (χ1v) is 8.18. The van der Waals surface area contributed by atoms with Crippen LogP contribution in [0, 0.1) is 0 Å². The molecule has 2 atom stereocenters. The molecular formula is C18H24F2N2O4. The number of halogens is 2. The fourth-order valence-corrected chi connectivity index (χ4v) is 1.95. The maximum atomic E-state index is 12.3. The summed E-state index contributed by atoms with van der Waals surface area (Å²) in [6, 6.07) is 3.63. The van der Waals surface area contributed by atoms with Crippen molar-refractivity contribution in [3.8, 4) is 11.5 Å². The van der Waals surface area contributed by atoms with Gasteiger partial charge in [-0.15, -0.1) is 0 Å². The van der Waals surface area contributed by atoms with Gasteiger partial charge in [-0.1, -0.05) is 13.0 Å². The van der Waals surface area contributed by atoms with Crippen LogP contribution in [0.15, 0.2) is 24.3 Å². The number of methoxy groups -OCH3 is 1. The molecule has 0 saturated carbocycles. The molecule has 0 fully saturated rings. The number of alkyl halides is 2. The highest BCUT2D eigenvalue weighted by atomic mass is 19.3. The molecule has 0 bridgehead atoms. The van der Waals surface area contributed by atoms with Crippen LogP contribution in [-0.2, 0) is 9.59 Å². The lowest BCUT2D eigenvalue weighted by atomic mass is 10.2. The third-order valence-corrected chi connectivity index (χ3v) is 3.58. The molecule has 0 saturated heterocycles. The first-order chi connectivity index (χ1) is 12.3. The molecule has 144 valence electrons. The van der Waals surface area contributed by atoms with Crippen LogP contribution in [0.2, 0.25) is 0 Å². The Bertz CT molecular complexity index is 650. The molecule has 0 spiro atoms. The maximum Gasteiger partial charge on any atom is 0.387 e. The van der Waals surface area contributed by atoms with Crippen molar-refractivity contribution in [2.24, 2.45) is 0 Å². The summed E-state index contributed by atoms with van der Waals surface area (Å²) < 4.78 is 33.9. The standard InChI is InChI=1S/C18H24F2N2O4/c1-5-11(2)21-17(24)12(3)22-16(23)9-7-13-6-8-14(26-18(19)20)15(10-13)25-4/h6-12,18H,5H2,1-4H3,(H,21,24)(H,22,23)/b9-7+/t11-,12+/m0/s1. The Balaban J connectivity index is 2.69. The highest BCUT2D eigenvalue weighted by molar-refractivity contribution is 5.95. The summed E-state index contributed by atoms with van der Waals surface area (Å²) in [4.78, 5) is 23.8. The van der Waals surface area contributed by atoms with E-state index >= 15 is 0 Å². The summed E-state index contributed by atoms with van der Waals surface area (Å²) in [5.41, 5.74) is 0.551. The number of ether oxygens (including phenoxy) is 2. The molecule has 2 amide bonds. The quantitative estimate of drug-likeness (QED) is 0.656. The predicted octanol–water partition coefficient (Wildman–Crippen LogP) is 2.73. The maximum absolute atomic E-state index is 12.3. The lowest BCUT2D eigenvalue weighted by molar-refractivity contribution is -0.127. The SMILES string of the molecule is CC[C@H](C)NC(=O)[C@@H](C)NC(=O)/C=C/c1ccc(OC(F)F)c(OC)c1. The van der Waals surface area contributed by atoms with Gasteiger partial charge in [-0.2, -0.15) is 8.78 Å². The van der Waals surface area contributed by atoms with Gasteiger partial charge in [0.2, 0.25) is 11.8 Å². The van der Waals surface area contributed by atoms with Crippen molar-refractivity contribution in [1.82, 2.24) is 10.6 Å². The van der Waals surface area contributed by atoms with Crippen LogP contribution >= 0.6 is 0 Å². The van der Waals surface area contributed by atoms with E-state index in [0.29, 0.717) is 5.56 Å². The Morgan fingerprint density at radius 3 is 2.46 bits per heavy atom. The lowest BCUT2D eigenvalue weighted by Crippen LogP contribution is -2.46. The van der Waals surface area contributed by atoms with E-state index in [-0.39, 0.29) is 23.4 Å². The average Bonchev–Trinajstić information content (AvgIpc) is 2.59. The van der Waals surface area contributed by atoms with Crippen molar-refractivity contribution in [2.45, 2.75) is 45.9 Å². The molecule has 8 heteroatoms. The van der Waals surface area contributed by atoms with E-state index in [1.165, 1.54) is 37.5 Å². The average molecular weight is 370 g/mol. The number of nitrogens with one attached hydrogen (secondary N) is 2. The van der Waals surface area contributed by atoms with E-state index in [0.717, 1.165) is 6.42 Å². The van der Waals surface area contributed by atoms with Crippen molar-refractivity contribution in [1.29, 1.82) is 0 Å². The van der Waals surface area contributed by atoms with E-state index in [1.807, 2.05) is 13.8 Å². The number of carbonyl (C=O) groups is 2. The molecule has 6 nitrogen and oxygen atoms in total. The van der Waals surface area contributed by atoms with E-state index in [2.05, 4.69) is 15.4 Å². The van der Waals surface area contributed by atoms with Gasteiger partial charge in [0.25, 0.3) is 0 Å². The molecule has 1 aromatic carbocycles. The fourth-order valence-electron chi connectivity index (χ4n) is 1.95. The second-order valence-corrected chi connectivity index (χ2v) is 5.67. The van der Waals surface area contributed by atoms with Gasteiger partial charge in [0.15, 0.2) is 11.5 Å². The first-order valence-electron chi connectivity index (χ1n) is 8.18. The van der Waals surface area contributed by atoms with E-state index < -0.39 is 18.6 Å². The van der Waals surface area contributed by atoms with Gasteiger partial charge < -0.3 is 20.1 Å². The zero-order valence-electron chi connectivity index (χ0n) is 15.2. The molecule has 0 aliphatic rings. The smallest absolute Gasteiger partial charge is 0.387 e. The van der Waals surface area contributed by atoms with Gasteiger partial charge in [0.05, 0.1) is 7.11 Å². The van der Waals surface area contributed by atoms with Crippen LogP contribution in [0.5, 0.6) is 11.5 Å². The van der Waals surface area contributed by atoms with Gasteiger partial charge in [0.1, 0.15) is 6.04 Å².